The van der Waals surface area contributed by atoms with Crippen LogP contribution in [0.25, 0.3) is 0 Å². The lowest BCUT2D eigenvalue weighted by Crippen LogP contribution is -2.28. The van der Waals surface area contributed by atoms with Crippen molar-refractivity contribution in [3.63, 3.8) is 0 Å². The number of rotatable bonds is 5. The van der Waals surface area contributed by atoms with Crippen molar-refractivity contribution in [2.24, 2.45) is 0 Å². The summed E-state index contributed by atoms with van der Waals surface area (Å²) in [5.41, 5.74) is 0.963. The molecule has 0 aliphatic rings. The molecule has 21 heavy (non-hydrogen) atoms. The highest BCUT2D eigenvalue weighted by atomic mass is 32.2. The summed E-state index contributed by atoms with van der Waals surface area (Å²) in [5.74, 6) is 0. The van der Waals surface area contributed by atoms with Crippen LogP contribution < -0.4 is 15.4 Å². The Bertz CT molecular complexity index is 713. The number of hydrogen-bond acceptors (Lipinski definition) is 5. The van der Waals surface area contributed by atoms with Gasteiger partial charge in [0.05, 0.1) is 6.20 Å². The molecule has 0 aliphatic carbocycles. The van der Waals surface area contributed by atoms with E-state index in [0.29, 0.717) is 6.54 Å². The number of benzene rings is 1. The predicted molar refractivity (Wildman–Crippen MR) is 80.7 cm³/mol. The molecule has 2 aromatic rings. The molecule has 0 saturated heterocycles. The summed E-state index contributed by atoms with van der Waals surface area (Å²) in [5, 5.41) is 5.37. The minimum Gasteiger partial charge on any atom is -0.334 e. The lowest BCUT2D eigenvalue weighted by atomic mass is 10.2. The molecule has 0 spiro atoms. The van der Waals surface area contributed by atoms with E-state index in [1.807, 2.05) is 30.3 Å². The first-order chi connectivity index (χ1) is 10.0. The van der Waals surface area contributed by atoms with E-state index in [2.05, 4.69) is 20.3 Å². The summed E-state index contributed by atoms with van der Waals surface area (Å²) in [6.45, 7) is 0.375. The number of aromatic nitrogens is 1. The standard InChI is InChI=1S/C12H14N4O3S2/c1-13-21(18,19)10-8-15-12(20-10)16-11(17)14-7-9-5-3-2-4-6-9/h2-6,8,13H,7H2,1H3,(H2,14,15,16,17). The van der Waals surface area contributed by atoms with Crippen molar-refractivity contribution < 1.29 is 13.2 Å². The monoisotopic (exact) mass is 326 g/mol. The van der Waals surface area contributed by atoms with E-state index < -0.39 is 16.1 Å². The van der Waals surface area contributed by atoms with Gasteiger partial charge in [0.15, 0.2) is 9.34 Å². The molecule has 0 saturated carbocycles. The highest BCUT2D eigenvalue weighted by Crippen LogP contribution is 2.22. The number of carbonyl (C=O) groups is 1. The number of urea groups is 1. The highest BCUT2D eigenvalue weighted by molar-refractivity contribution is 7.91. The van der Waals surface area contributed by atoms with E-state index in [4.69, 9.17) is 0 Å². The third-order valence-electron chi connectivity index (χ3n) is 2.53. The topological polar surface area (TPSA) is 100 Å². The van der Waals surface area contributed by atoms with Crippen LogP contribution in [0.15, 0.2) is 40.7 Å². The minimum atomic E-state index is -3.53. The first-order valence-corrected chi connectivity index (χ1v) is 8.29. The maximum absolute atomic E-state index is 11.7. The zero-order valence-corrected chi connectivity index (χ0v) is 12.8. The van der Waals surface area contributed by atoms with Crippen molar-refractivity contribution in [1.82, 2.24) is 15.0 Å². The number of nitrogens with one attached hydrogen (secondary N) is 3. The second kappa shape index (κ2) is 6.66. The number of nitrogens with zero attached hydrogens (tertiary/aromatic N) is 1. The van der Waals surface area contributed by atoms with Gasteiger partial charge in [0, 0.05) is 6.54 Å². The van der Waals surface area contributed by atoms with Gasteiger partial charge >= 0.3 is 6.03 Å². The quantitative estimate of drug-likeness (QED) is 0.772. The summed E-state index contributed by atoms with van der Waals surface area (Å²) in [7, 11) is -2.22. The zero-order chi connectivity index (χ0) is 15.3. The van der Waals surface area contributed by atoms with E-state index >= 15 is 0 Å². The van der Waals surface area contributed by atoms with Crippen molar-refractivity contribution in [1.29, 1.82) is 0 Å². The van der Waals surface area contributed by atoms with Crippen molar-refractivity contribution in [3.05, 3.63) is 42.1 Å². The lowest BCUT2D eigenvalue weighted by molar-refractivity contribution is 0.251. The third kappa shape index (κ3) is 4.25. The average molecular weight is 326 g/mol. The molecule has 2 rings (SSSR count). The lowest BCUT2D eigenvalue weighted by Gasteiger charge is -2.05. The number of carbonyl (C=O) groups excluding carboxylic acids is 1. The fraction of sp³-hybridized carbons (Fsp3) is 0.167. The normalized spacial score (nSPS) is 11.1. The fourth-order valence-corrected chi connectivity index (χ4v) is 3.32. The average Bonchev–Trinajstić information content (AvgIpc) is 2.95. The van der Waals surface area contributed by atoms with E-state index in [9.17, 15) is 13.2 Å². The molecule has 2 amide bonds. The Morgan fingerprint density at radius 2 is 2.00 bits per heavy atom. The van der Waals surface area contributed by atoms with Crippen LogP contribution in [0.2, 0.25) is 0 Å². The summed E-state index contributed by atoms with van der Waals surface area (Å²) >= 11 is 0.881. The maximum atomic E-state index is 11.7. The van der Waals surface area contributed by atoms with Crippen molar-refractivity contribution >= 4 is 32.5 Å². The molecule has 0 fully saturated rings. The molecular weight excluding hydrogens is 312 g/mol. The summed E-state index contributed by atoms with van der Waals surface area (Å²) < 4.78 is 25.3. The Morgan fingerprint density at radius 1 is 1.29 bits per heavy atom. The van der Waals surface area contributed by atoms with Gasteiger partial charge in [0.25, 0.3) is 10.0 Å². The SMILES string of the molecule is CNS(=O)(=O)c1cnc(NC(=O)NCc2ccccc2)s1. The van der Waals surface area contributed by atoms with Gasteiger partial charge in [0.2, 0.25) is 0 Å². The third-order valence-corrected chi connectivity index (χ3v) is 5.32. The maximum Gasteiger partial charge on any atom is 0.321 e. The summed E-state index contributed by atoms with van der Waals surface area (Å²) in [4.78, 5) is 15.5. The van der Waals surface area contributed by atoms with Crippen LogP contribution in [-0.4, -0.2) is 26.5 Å². The van der Waals surface area contributed by atoms with Crippen molar-refractivity contribution in [2.45, 2.75) is 10.8 Å². The molecule has 112 valence electrons. The first kappa shape index (κ1) is 15.4. The highest BCUT2D eigenvalue weighted by Gasteiger charge is 2.16. The van der Waals surface area contributed by atoms with Crippen LogP contribution in [0.5, 0.6) is 0 Å². The second-order valence-corrected chi connectivity index (χ2v) is 7.13. The Kier molecular flexibility index (Phi) is 4.89. The van der Waals surface area contributed by atoms with Crippen LogP contribution in [0, 0.1) is 0 Å². The fourth-order valence-electron chi connectivity index (χ4n) is 1.46. The molecule has 1 aromatic heterocycles. The van der Waals surface area contributed by atoms with Gasteiger partial charge in [-0.1, -0.05) is 41.7 Å². The minimum absolute atomic E-state index is 0.0448. The number of thiazole rings is 1. The van der Waals surface area contributed by atoms with Gasteiger partial charge in [-0.2, -0.15) is 0 Å². The molecule has 9 heteroatoms. The molecule has 0 aliphatic heterocycles. The van der Waals surface area contributed by atoms with Gasteiger partial charge in [-0.3, -0.25) is 5.32 Å². The second-order valence-electron chi connectivity index (χ2n) is 3.99. The smallest absolute Gasteiger partial charge is 0.321 e. The molecule has 0 radical (unpaired) electrons. The number of hydrogen-bond donors (Lipinski definition) is 3. The van der Waals surface area contributed by atoms with E-state index in [1.54, 1.807) is 0 Å². The van der Waals surface area contributed by atoms with E-state index in [-0.39, 0.29) is 9.34 Å². The number of sulfonamides is 1. The summed E-state index contributed by atoms with van der Waals surface area (Å²) in [6, 6.07) is 8.99. The molecule has 0 bridgehead atoms. The Morgan fingerprint density at radius 3 is 2.67 bits per heavy atom. The van der Waals surface area contributed by atoms with Gasteiger partial charge in [0.1, 0.15) is 0 Å². The molecular formula is C12H14N4O3S2. The number of anilines is 1. The zero-order valence-electron chi connectivity index (χ0n) is 11.2. The van der Waals surface area contributed by atoms with Crippen LogP contribution in [0.4, 0.5) is 9.93 Å². The van der Waals surface area contributed by atoms with Gasteiger partial charge in [-0.15, -0.1) is 0 Å². The summed E-state index contributed by atoms with van der Waals surface area (Å²) in [6.07, 6.45) is 1.20. The molecule has 3 N–H and O–H groups in total. The van der Waals surface area contributed by atoms with E-state index in [0.717, 1.165) is 16.9 Å². The first-order valence-electron chi connectivity index (χ1n) is 5.99. The largest absolute Gasteiger partial charge is 0.334 e. The van der Waals surface area contributed by atoms with E-state index in [1.165, 1.54) is 13.2 Å². The Hall–Kier alpha value is -1.97. The van der Waals surface area contributed by atoms with Crippen molar-refractivity contribution in [3.8, 4) is 0 Å². The van der Waals surface area contributed by atoms with Gasteiger partial charge in [-0.25, -0.2) is 22.9 Å². The predicted octanol–water partition coefficient (Wildman–Crippen LogP) is 1.37. The number of amides is 2. The molecule has 1 aromatic carbocycles. The molecule has 7 nitrogen and oxygen atoms in total. The van der Waals surface area contributed by atoms with Gasteiger partial charge in [-0.05, 0) is 12.6 Å². The van der Waals surface area contributed by atoms with Crippen LogP contribution in [-0.2, 0) is 16.6 Å². The van der Waals surface area contributed by atoms with Crippen LogP contribution in [0.1, 0.15) is 5.56 Å². The van der Waals surface area contributed by atoms with Gasteiger partial charge < -0.3 is 5.32 Å². The van der Waals surface area contributed by atoms with Crippen LogP contribution in [0.3, 0.4) is 0 Å². The Balaban J connectivity index is 1.92. The molecule has 0 atom stereocenters. The molecule has 1 heterocycles. The Labute approximate surface area is 126 Å². The van der Waals surface area contributed by atoms with Crippen molar-refractivity contribution in [2.75, 3.05) is 12.4 Å². The van der Waals surface area contributed by atoms with Crippen LogP contribution >= 0.6 is 11.3 Å². The molecule has 0 unspecified atom stereocenters.